The minimum atomic E-state index is -3.43. The first-order chi connectivity index (χ1) is 13.1. The van der Waals surface area contributed by atoms with Crippen molar-refractivity contribution in [3.05, 3.63) is 29.8 Å². The predicted octanol–water partition coefficient (Wildman–Crippen LogP) is 2.93. The third kappa shape index (κ3) is 5.67. The highest BCUT2D eigenvalue weighted by atomic mass is 32.2. The van der Waals surface area contributed by atoms with Crippen molar-refractivity contribution in [1.82, 2.24) is 13.9 Å². The first kappa shape index (κ1) is 20.6. The second-order valence-electron chi connectivity index (χ2n) is 7.55. The summed E-state index contributed by atoms with van der Waals surface area (Å²) in [7, 11) is -1.77. The molecule has 6 nitrogen and oxygen atoms in total. The van der Waals surface area contributed by atoms with Gasteiger partial charge in [-0.25, -0.2) is 4.72 Å². The maximum absolute atomic E-state index is 12.8. The number of ether oxygens (including phenoxy) is 1. The Morgan fingerprint density at radius 2 is 1.48 bits per heavy atom. The van der Waals surface area contributed by atoms with Gasteiger partial charge in [0.25, 0.3) is 10.2 Å². The topological polar surface area (TPSA) is 61.9 Å². The largest absolute Gasteiger partial charge is 0.497 e. The van der Waals surface area contributed by atoms with Gasteiger partial charge in [-0.1, -0.05) is 31.4 Å². The fraction of sp³-hybridized carbons (Fsp3) is 0.700. The van der Waals surface area contributed by atoms with E-state index in [1.807, 2.05) is 12.1 Å². The van der Waals surface area contributed by atoms with Crippen molar-refractivity contribution in [3.8, 4) is 5.75 Å². The van der Waals surface area contributed by atoms with Crippen molar-refractivity contribution in [2.75, 3.05) is 39.8 Å². The number of likely N-dealkylation sites (tertiary alicyclic amines) is 1. The van der Waals surface area contributed by atoms with E-state index in [-0.39, 0.29) is 6.04 Å². The first-order valence-electron chi connectivity index (χ1n) is 10.2. The standard InChI is InChI=1S/C20H33N3O3S/c1-26-19-11-9-18(10-12-19)20(22-13-5-4-6-14-22)17-21-27(24,25)23-15-7-2-3-8-16-23/h9-12,20-21H,2-8,13-17H2,1H3. The van der Waals surface area contributed by atoms with Gasteiger partial charge in [-0.3, -0.25) is 4.90 Å². The van der Waals surface area contributed by atoms with E-state index >= 15 is 0 Å². The highest BCUT2D eigenvalue weighted by Crippen LogP contribution is 2.26. The lowest BCUT2D eigenvalue weighted by molar-refractivity contribution is 0.164. The second kappa shape index (κ2) is 9.87. The van der Waals surface area contributed by atoms with Crippen LogP contribution in [0.3, 0.4) is 0 Å². The van der Waals surface area contributed by atoms with E-state index in [0.717, 1.165) is 50.1 Å². The van der Waals surface area contributed by atoms with E-state index in [2.05, 4.69) is 21.8 Å². The summed E-state index contributed by atoms with van der Waals surface area (Å²) in [5, 5.41) is 0. The molecule has 1 unspecified atom stereocenters. The van der Waals surface area contributed by atoms with Crippen molar-refractivity contribution in [3.63, 3.8) is 0 Å². The summed E-state index contributed by atoms with van der Waals surface area (Å²) in [4.78, 5) is 2.41. The molecule has 1 aromatic rings. The molecule has 152 valence electrons. The number of benzene rings is 1. The van der Waals surface area contributed by atoms with Gasteiger partial charge in [-0.05, 0) is 56.5 Å². The van der Waals surface area contributed by atoms with Crippen LogP contribution in [0.25, 0.3) is 0 Å². The number of nitrogens with one attached hydrogen (secondary N) is 1. The Morgan fingerprint density at radius 3 is 2.07 bits per heavy atom. The van der Waals surface area contributed by atoms with Crippen molar-refractivity contribution in [1.29, 1.82) is 0 Å². The molecule has 7 heteroatoms. The molecule has 0 saturated carbocycles. The molecular weight excluding hydrogens is 362 g/mol. The zero-order chi connectivity index (χ0) is 19.1. The summed E-state index contributed by atoms with van der Waals surface area (Å²) in [6, 6.07) is 8.07. The highest BCUT2D eigenvalue weighted by molar-refractivity contribution is 7.87. The van der Waals surface area contributed by atoms with Gasteiger partial charge in [-0.15, -0.1) is 0 Å². The highest BCUT2D eigenvalue weighted by Gasteiger charge is 2.27. The third-order valence-corrected chi connectivity index (χ3v) is 7.27. The molecule has 27 heavy (non-hydrogen) atoms. The van der Waals surface area contributed by atoms with Gasteiger partial charge in [0.05, 0.1) is 7.11 Å². The molecular formula is C20H33N3O3S. The fourth-order valence-electron chi connectivity index (χ4n) is 4.07. The van der Waals surface area contributed by atoms with Crippen molar-refractivity contribution in [2.24, 2.45) is 0 Å². The molecule has 1 atom stereocenters. The summed E-state index contributed by atoms with van der Waals surface area (Å²) >= 11 is 0. The molecule has 3 rings (SSSR count). The maximum Gasteiger partial charge on any atom is 0.279 e. The average Bonchev–Trinajstić information content (AvgIpc) is 3.00. The van der Waals surface area contributed by atoms with Gasteiger partial charge >= 0.3 is 0 Å². The zero-order valence-electron chi connectivity index (χ0n) is 16.4. The molecule has 0 amide bonds. The minimum Gasteiger partial charge on any atom is -0.497 e. The molecule has 0 spiro atoms. The van der Waals surface area contributed by atoms with Crippen LogP contribution in [0, 0.1) is 0 Å². The van der Waals surface area contributed by atoms with Crippen molar-refractivity contribution in [2.45, 2.75) is 51.0 Å². The van der Waals surface area contributed by atoms with Crippen LogP contribution in [0.1, 0.15) is 56.6 Å². The second-order valence-corrected chi connectivity index (χ2v) is 9.31. The van der Waals surface area contributed by atoms with Crippen LogP contribution in [0.2, 0.25) is 0 Å². The maximum atomic E-state index is 12.8. The van der Waals surface area contributed by atoms with E-state index in [0.29, 0.717) is 19.6 Å². The minimum absolute atomic E-state index is 0.0537. The molecule has 1 N–H and O–H groups in total. The van der Waals surface area contributed by atoms with Gasteiger partial charge in [-0.2, -0.15) is 12.7 Å². The first-order valence-corrected chi connectivity index (χ1v) is 11.7. The van der Waals surface area contributed by atoms with Crippen LogP contribution in [0.4, 0.5) is 0 Å². The molecule has 2 aliphatic heterocycles. The van der Waals surface area contributed by atoms with Crippen LogP contribution in [-0.2, 0) is 10.2 Å². The van der Waals surface area contributed by atoms with Crippen LogP contribution < -0.4 is 9.46 Å². The predicted molar refractivity (Wildman–Crippen MR) is 108 cm³/mol. The molecule has 1 aromatic carbocycles. The van der Waals surface area contributed by atoms with Gasteiger partial charge in [0.15, 0.2) is 0 Å². The fourth-order valence-corrected chi connectivity index (χ4v) is 5.36. The van der Waals surface area contributed by atoms with Gasteiger partial charge in [0, 0.05) is 25.7 Å². The Labute approximate surface area is 164 Å². The average molecular weight is 396 g/mol. The van der Waals surface area contributed by atoms with Crippen LogP contribution in [0.5, 0.6) is 5.75 Å². The zero-order valence-corrected chi connectivity index (χ0v) is 17.2. The van der Waals surface area contributed by atoms with E-state index in [1.165, 1.54) is 19.3 Å². The summed E-state index contributed by atoms with van der Waals surface area (Å²) in [6.45, 7) is 3.70. The van der Waals surface area contributed by atoms with Crippen molar-refractivity contribution < 1.29 is 13.2 Å². The van der Waals surface area contributed by atoms with Gasteiger partial charge < -0.3 is 4.74 Å². The molecule has 0 aliphatic carbocycles. The molecule has 2 fully saturated rings. The molecule has 2 aliphatic rings. The number of rotatable bonds is 7. The van der Waals surface area contributed by atoms with Gasteiger partial charge in [0.1, 0.15) is 5.75 Å². The van der Waals surface area contributed by atoms with Gasteiger partial charge in [0.2, 0.25) is 0 Å². The Morgan fingerprint density at radius 1 is 0.926 bits per heavy atom. The number of methoxy groups -OCH3 is 1. The third-order valence-electron chi connectivity index (χ3n) is 5.70. The Bertz CT molecular complexity index is 664. The lowest BCUT2D eigenvalue weighted by atomic mass is 10.0. The Hall–Kier alpha value is -1.15. The molecule has 2 heterocycles. The number of nitrogens with zero attached hydrogens (tertiary/aromatic N) is 2. The Balaban J connectivity index is 1.71. The van der Waals surface area contributed by atoms with E-state index in [4.69, 9.17) is 4.74 Å². The lowest BCUT2D eigenvalue weighted by Crippen LogP contribution is -2.46. The smallest absolute Gasteiger partial charge is 0.279 e. The van der Waals surface area contributed by atoms with Crippen molar-refractivity contribution >= 4 is 10.2 Å². The summed E-state index contributed by atoms with van der Waals surface area (Å²) in [5.41, 5.74) is 1.14. The SMILES string of the molecule is COc1ccc(C(CNS(=O)(=O)N2CCCCCC2)N2CCCCC2)cc1. The molecule has 0 aromatic heterocycles. The van der Waals surface area contributed by atoms with E-state index < -0.39 is 10.2 Å². The molecule has 2 saturated heterocycles. The number of hydrogen-bond acceptors (Lipinski definition) is 4. The summed E-state index contributed by atoms with van der Waals surface area (Å²) in [5.74, 6) is 0.821. The number of hydrogen-bond donors (Lipinski definition) is 1. The molecule has 0 bridgehead atoms. The summed E-state index contributed by atoms with van der Waals surface area (Å²) in [6.07, 6.45) is 7.74. The number of piperidine rings is 1. The summed E-state index contributed by atoms with van der Waals surface area (Å²) < 4.78 is 35.5. The molecule has 0 radical (unpaired) electrons. The monoisotopic (exact) mass is 395 g/mol. The Kier molecular flexibility index (Phi) is 7.52. The van der Waals surface area contributed by atoms with E-state index in [9.17, 15) is 8.42 Å². The lowest BCUT2D eigenvalue weighted by Gasteiger charge is -2.35. The van der Waals surface area contributed by atoms with E-state index in [1.54, 1.807) is 11.4 Å². The van der Waals surface area contributed by atoms with Crippen LogP contribution in [0.15, 0.2) is 24.3 Å². The normalized spacial score (nSPS) is 21.5. The quantitative estimate of drug-likeness (QED) is 0.771. The van der Waals surface area contributed by atoms with Crippen LogP contribution in [-0.4, -0.2) is 57.5 Å². The van der Waals surface area contributed by atoms with Crippen LogP contribution >= 0.6 is 0 Å².